The number of hydrogen-bond donors (Lipinski definition) is 0. The zero-order chi connectivity index (χ0) is 50.9. The van der Waals surface area contributed by atoms with Gasteiger partial charge in [0.05, 0.1) is 16.4 Å². The van der Waals surface area contributed by atoms with Crippen molar-refractivity contribution in [3.8, 4) is 50.2 Å². The number of hydrogen-bond acceptors (Lipinski definition) is 1. The molecule has 0 bridgehead atoms. The molecule has 0 fully saturated rings. The van der Waals surface area contributed by atoms with Gasteiger partial charge in [0, 0.05) is 33.5 Å². The van der Waals surface area contributed by atoms with Crippen molar-refractivity contribution in [3.63, 3.8) is 0 Å². The smallest absolute Gasteiger partial charge is 0.0714 e. The van der Waals surface area contributed by atoms with E-state index in [4.69, 9.17) is 0 Å². The molecule has 0 N–H and O–H groups in total. The van der Waals surface area contributed by atoms with Gasteiger partial charge in [-0.05, 0) is 155 Å². The second-order valence-electron chi connectivity index (χ2n) is 20.3. The van der Waals surface area contributed by atoms with Crippen LogP contribution in [-0.4, -0.2) is 4.57 Å². The van der Waals surface area contributed by atoms with Crippen molar-refractivity contribution in [1.29, 1.82) is 0 Å². The van der Waals surface area contributed by atoms with Gasteiger partial charge < -0.3 is 9.47 Å². The fourth-order valence-corrected chi connectivity index (χ4v) is 13.0. The highest BCUT2D eigenvalue weighted by Gasteiger charge is 2.46. The van der Waals surface area contributed by atoms with Crippen molar-refractivity contribution in [3.05, 3.63) is 326 Å². The molecular weight excluding hydrogens is 929 g/mol. The van der Waals surface area contributed by atoms with E-state index >= 15 is 0 Å². The van der Waals surface area contributed by atoms with E-state index < -0.39 is 5.41 Å². The number of nitrogens with zero attached hydrogens (tertiary/aromatic N) is 2. The lowest BCUT2D eigenvalue weighted by Gasteiger charge is -2.35. The first-order valence-electron chi connectivity index (χ1n) is 26.7. The highest BCUT2D eigenvalue weighted by Crippen LogP contribution is 2.57. The molecule has 15 rings (SSSR count). The molecule has 0 aliphatic heterocycles. The number of fused-ring (bicyclic) bond motifs is 8. The molecule has 2 heteroatoms. The maximum absolute atomic E-state index is 2.47. The monoisotopic (exact) mass is 978 g/mol. The lowest BCUT2D eigenvalue weighted by atomic mass is 9.67. The Bertz CT molecular complexity index is 4430. The molecule has 1 aliphatic rings. The fourth-order valence-electron chi connectivity index (χ4n) is 13.0. The van der Waals surface area contributed by atoms with Crippen LogP contribution in [0.1, 0.15) is 22.3 Å². The highest BCUT2D eigenvalue weighted by atomic mass is 15.1. The predicted octanol–water partition coefficient (Wildman–Crippen LogP) is 19.9. The minimum atomic E-state index is -0.541. The lowest BCUT2D eigenvalue weighted by Crippen LogP contribution is -2.28. The van der Waals surface area contributed by atoms with Crippen LogP contribution in [0.3, 0.4) is 0 Å². The maximum atomic E-state index is 2.47. The quantitative estimate of drug-likeness (QED) is 0.131. The summed E-state index contributed by atoms with van der Waals surface area (Å²) in [5, 5.41) is 7.48. The van der Waals surface area contributed by atoms with Gasteiger partial charge in [0.15, 0.2) is 0 Å². The Labute approximate surface area is 448 Å². The molecule has 1 aromatic heterocycles. The van der Waals surface area contributed by atoms with Gasteiger partial charge in [0.25, 0.3) is 0 Å². The van der Waals surface area contributed by atoms with E-state index in [0.29, 0.717) is 0 Å². The highest BCUT2D eigenvalue weighted by molar-refractivity contribution is 6.22. The summed E-state index contributed by atoms with van der Waals surface area (Å²) >= 11 is 0. The van der Waals surface area contributed by atoms with E-state index in [9.17, 15) is 0 Å². The zero-order valence-corrected chi connectivity index (χ0v) is 42.3. The van der Waals surface area contributed by atoms with Crippen LogP contribution in [0.2, 0.25) is 0 Å². The lowest BCUT2D eigenvalue weighted by molar-refractivity contribution is 0.768. The molecule has 0 saturated heterocycles. The number of anilines is 3. The van der Waals surface area contributed by atoms with Crippen molar-refractivity contribution >= 4 is 60.4 Å². The first-order valence-corrected chi connectivity index (χ1v) is 26.7. The van der Waals surface area contributed by atoms with E-state index in [1.54, 1.807) is 0 Å². The zero-order valence-electron chi connectivity index (χ0n) is 42.3. The molecule has 360 valence electrons. The largest absolute Gasteiger partial charge is 0.310 e. The van der Waals surface area contributed by atoms with Crippen LogP contribution >= 0.6 is 0 Å². The fraction of sp³-hybridized carbons (Fsp3) is 0.0133. The number of aromatic nitrogens is 1. The molecule has 14 aromatic rings. The summed E-state index contributed by atoms with van der Waals surface area (Å²) in [4.78, 5) is 2.44. The minimum absolute atomic E-state index is 0.541. The molecule has 1 aliphatic carbocycles. The van der Waals surface area contributed by atoms with Crippen molar-refractivity contribution < 1.29 is 0 Å². The number of benzene rings is 13. The van der Waals surface area contributed by atoms with Crippen LogP contribution in [0.4, 0.5) is 17.1 Å². The van der Waals surface area contributed by atoms with Gasteiger partial charge in [-0.2, -0.15) is 0 Å². The summed E-state index contributed by atoms with van der Waals surface area (Å²) in [5.74, 6) is 0. The van der Waals surface area contributed by atoms with Crippen LogP contribution in [0.25, 0.3) is 93.5 Å². The Morgan fingerprint density at radius 3 is 1.27 bits per heavy atom. The minimum Gasteiger partial charge on any atom is -0.310 e. The third kappa shape index (κ3) is 7.03. The van der Waals surface area contributed by atoms with E-state index in [1.165, 1.54) is 105 Å². The first kappa shape index (κ1) is 44.5. The van der Waals surface area contributed by atoms with Gasteiger partial charge in [-0.25, -0.2) is 0 Å². The summed E-state index contributed by atoms with van der Waals surface area (Å²) in [6.07, 6.45) is 0. The second kappa shape index (κ2) is 18.1. The number of para-hydroxylation sites is 2. The third-order valence-corrected chi connectivity index (χ3v) is 16.3. The van der Waals surface area contributed by atoms with Crippen molar-refractivity contribution in [1.82, 2.24) is 4.57 Å². The molecule has 77 heavy (non-hydrogen) atoms. The Balaban J connectivity index is 0.915. The Hall–Kier alpha value is -10.0. The average molecular weight is 979 g/mol. The standard InChI is InChI=1S/C75H50N2/c1-5-21-52(22-6-1)73-65-32-13-14-33-66(65)74(53-23-7-2-8-24-53)68-49-54(39-47-67(68)73)51-37-40-57(41-38-51)76(58-42-44-59(45-43-58)77-71-35-19-16-30-63(71)64-31-17-20-36-72(64)77)60-46-48-62-61-29-15-18-34-69(61)75(70(62)50-60,55-25-9-3-10-26-55)56-27-11-4-12-28-56/h1-50H. The molecule has 2 nitrogen and oxygen atoms in total. The van der Waals surface area contributed by atoms with Crippen molar-refractivity contribution in [2.75, 3.05) is 4.90 Å². The SMILES string of the molecule is c1ccc(-c2c3ccccc3c(-c3ccccc3)c3cc(-c4ccc(N(c5ccc(-n6c7ccccc7c7ccccc76)cc5)c5ccc6c(c5)C(c5ccccc5)(c5ccccc5)c5ccccc5-6)cc4)ccc23)cc1. The molecule has 0 radical (unpaired) electrons. The summed E-state index contributed by atoms with van der Waals surface area (Å²) in [7, 11) is 0. The van der Waals surface area contributed by atoms with Crippen LogP contribution in [0.5, 0.6) is 0 Å². The van der Waals surface area contributed by atoms with E-state index in [2.05, 4.69) is 313 Å². The first-order chi connectivity index (χ1) is 38.2. The molecule has 13 aromatic carbocycles. The molecule has 0 atom stereocenters. The van der Waals surface area contributed by atoms with E-state index in [-0.39, 0.29) is 0 Å². The van der Waals surface area contributed by atoms with Crippen LogP contribution in [-0.2, 0) is 5.41 Å². The molecule has 1 heterocycles. The molecule has 0 amide bonds. The van der Waals surface area contributed by atoms with E-state index in [0.717, 1.165) is 28.3 Å². The van der Waals surface area contributed by atoms with Gasteiger partial charge in [-0.1, -0.05) is 237 Å². The van der Waals surface area contributed by atoms with Crippen molar-refractivity contribution in [2.45, 2.75) is 5.41 Å². The average Bonchev–Trinajstić information content (AvgIpc) is 4.18. The van der Waals surface area contributed by atoms with Crippen molar-refractivity contribution in [2.24, 2.45) is 0 Å². The Morgan fingerprint density at radius 2 is 0.688 bits per heavy atom. The topological polar surface area (TPSA) is 8.17 Å². The molecule has 0 saturated carbocycles. The third-order valence-electron chi connectivity index (χ3n) is 16.3. The van der Waals surface area contributed by atoms with Gasteiger partial charge in [0.1, 0.15) is 0 Å². The molecule has 0 unspecified atom stereocenters. The second-order valence-corrected chi connectivity index (χ2v) is 20.3. The summed E-state index contributed by atoms with van der Waals surface area (Å²) in [5.41, 5.74) is 21.0. The number of rotatable bonds is 9. The van der Waals surface area contributed by atoms with E-state index in [1.807, 2.05) is 0 Å². The Morgan fingerprint density at radius 1 is 0.260 bits per heavy atom. The van der Waals surface area contributed by atoms with Gasteiger partial charge in [0.2, 0.25) is 0 Å². The van der Waals surface area contributed by atoms with Gasteiger partial charge in [-0.15, -0.1) is 0 Å². The summed E-state index contributed by atoms with van der Waals surface area (Å²) in [6.45, 7) is 0. The maximum Gasteiger partial charge on any atom is 0.0714 e. The Kier molecular flexibility index (Phi) is 10.5. The van der Waals surface area contributed by atoms with Crippen LogP contribution < -0.4 is 4.90 Å². The normalized spacial score (nSPS) is 12.5. The predicted molar refractivity (Wildman–Crippen MR) is 324 cm³/mol. The van der Waals surface area contributed by atoms with Gasteiger partial charge >= 0.3 is 0 Å². The summed E-state index contributed by atoms with van der Waals surface area (Å²) in [6, 6.07) is 112. The molecular formula is C75H50N2. The van der Waals surface area contributed by atoms with Gasteiger partial charge in [-0.3, -0.25) is 0 Å². The van der Waals surface area contributed by atoms with Crippen LogP contribution in [0, 0.1) is 0 Å². The molecule has 0 spiro atoms. The van der Waals surface area contributed by atoms with Crippen LogP contribution in [0.15, 0.2) is 303 Å². The summed E-state index contributed by atoms with van der Waals surface area (Å²) < 4.78 is 2.40.